The predicted molar refractivity (Wildman–Crippen MR) is 89.9 cm³/mol. The fourth-order valence-corrected chi connectivity index (χ4v) is 3.21. The lowest BCUT2D eigenvalue weighted by Crippen LogP contribution is -2.40. The number of hydrogen-bond donors (Lipinski definition) is 0. The summed E-state index contributed by atoms with van der Waals surface area (Å²) in [4.78, 5) is 18.7. The van der Waals surface area contributed by atoms with Crippen LogP contribution in [0.3, 0.4) is 0 Å². The van der Waals surface area contributed by atoms with Crippen molar-refractivity contribution in [3.05, 3.63) is 66.8 Å². The van der Waals surface area contributed by atoms with Crippen molar-refractivity contribution < 1.29 is 9.18 Å². The number of hydrogen-bond acceptors (Lipinski definition) is 3. The second-order valence-electron chi connectivity index (χ2n) is 6.18. The van der Waals surface area contributed by atoms with Crippen LogP contribution in [0.1, 0.15) is 29.4 Å². The van der Waals surface area contributed by atoms with E-state index in [9.17, 15) is 9.18 Å². The Labute approximate surface area is 144 Å². The molecule has 0 N–H and O–H groups in total. The minimum atomic E-state index is -0.300. The van der Waals surface area contributed by atoms with Crippen LogP contribution in [-0.2, 0) is 0 Å². The van der Waals surface area contributed by atoms with Crippen molar-refractivity contribution in [2.75, 3.05) is 13.1 Å². The molecule has 4 rings (SSSR count). The number of nitrogens with zero attached hydrogens (tertiary/aromatic N) is 5. The Bertz CT molecular complexity index is 856. The van der Waals surface area contributed by atoms with E-state index in [-0.39, 0.29) is 17.8 Å². The first kappa shape index (κ1) is 15.6. The average molecular weight is 339 g/mol. The van der Waals surface area contributed by atoms with Crippen LogP contribution in [0.15, 0.2) is 55.2 Å². The van der Waals surface area contributed by atoms with Gasteiger partial charge in [0.1, 0.15) is 5.82 Å². The van der Waals surface area contributed by atoms with Gasteiger partial charge in [0, 0.05) is 31.7 Å². The maximum absolute atomic E-state index is 13.0. The van der Waals surface area contributed by atoms with Crippen LogP contribution in [0.4, 0.5) is 4.39 Å². The van der Waals surface area contributed by atoms with E-state index < -0.39 is 0 Å². The summed E-state index contributed by atoms with van der Waals surface area (Å²) < 4.78 is 16.7. The second kappa shape index (κ2) is 6.51. The highest BCUT2D eigenvalue weighted by molar-refractivity contribution is 5.92. The van der Waals surface area contributed by atoms with Gasteiger partial charge in [-0.2, -0.15) is 5.10 Å². The first-order valence-electron chi connectivity index (χ1n) is 8.29. The molecule has 0 saturated carbocycles. The Kier molecular flexibility index (Phi) is 4.05. The molecule has 3 aromatic rings. The number of rotatable bonds is 3. The van der Waals surface area contributed by atoms with Gasteiger partial charge in [0.2, 0.25) is 0 Å². The van der Waals surface area contributed by atoms with E-state index in [1.165, 1.54) is 12.1 Å². The molecule has 0 aliphatic carbocycles. The lowest BCUT2D eigenvalue weighted by molar-refractivity contribution is 0.0673. The van der Waals surface area contributed by atoms with Crippen molar-refractivity contribution in [3.8, 4) is 5.69 Å². The van der Waals surface area contributed by atoms with Crippen LogP contribution in [0, 0.1) is 5.82 Å². The maximum Gasteiger partial charge on any atom is 0.274 e. The SMILES string of the molecule is O=C(c1ccn(-c2ccc(F)cc2)n1)N1CCCC(n2ccnc2)C1. The minimum absolute atomic E-state index is 0.0781. The van der Waals surface area contributed by atoms with Crippen molar-refractivity contribution in [2.24, 2.45) is 0 Å². The number of benzene rings is 1. The van der Waals surface area contributed by atoms with Gasteiger partial charge in [0.25, 0.3) is 5.91 Å². The Hall–Kier alpha value is -2.96. The molecule has 25 heavy (non-hydrogen) atoms. The fraction of sp³-hybridized carbons (Fsp3) is 0.278. The molecule has 3 heterocycles. The summed E-state index contributed by atoms with van der Waals surface area (Å²) in [6.45, 7) is 1.38. The largest absolute Gasteiger partial charge is 0.335 e. The Morgan fingerprint density at radius 1 is 1.16 bits per heavy atom. The van der Waals surface area contributed by atoms with Gasteiger partial charge in [0.15, 0.2) is 5.69 Å². The number of piperidine rings is 1. The molecule has 1 fully saturated rings. The lowest BCUT2D eigenvalue weighted by atomic mass is 10.1. The van der Waals surface area contributed by atoms with Crippen molar-refractivity contribution in [1.29, 1.82) is 0 Å². The zero-order chi connectivity index (χ0) is 17.2. The first-order chi connectivity index (χ1) is 12.2. The van der Waals surface area contributed by atoms with Gasteiger partial charge in [-0.15, -0.1) is 0 Å². The number of amides is 1. The molecule has 1 aromatic carbocycles. The van der Waals surface area contributed by atoms with Crippen LogP contribution in [0.25, 0.3) is 5.69 Å². The molecule has 1 unspecified atom stereocenters. The zero-order valence-electron chi connectivity index (χ0n) is 13.6. The number of aromatic nitrogens is 4. The summed E-state index contributed by atoms with van der Waals surface area (Å²) in [7, 11) is 0. The van der Waals surface area contributed by atoms with E-state index in [1.807, 2.05) is 11.1 Å². The molecule has 7 heteroatoms. The molecule has 1 aliphatic heterocycles. The summed E-state index contributed by atoms with van der Waals surface area (Å²) in [6, 6.07) is 7.96. The van der Waals surface area contributed by atoms with E-state index in [2.05, 4.69) is 14.6 Å². The molecule has 1 aliphatic rings. The van der Waals surface area contributed by atoms with E-state index in [4.69, 9.17) is 0 Å². The highest BCUT2D eigenvalue weighted by atomic mass is 19.1. The van der Waals surface area contributed by atoms with Gasteiger partial charge in [-0.05, 0) is 43.2 Å². The molecular weight excluding hydrogens is 321 g/mol. The standard InChI is InChI=1S/C18H18FN5O/c19-14-3-5-15(6-4-14)24-10-7-17(21-24)18(25)22-9-1-2-16(12-22)23-11-8-20-13-23/h3-8,10-11,13,16H,1-2,9,12H2. The number of likely N-dealkylation sites (tertiary alicyclic amines) is 1. The second-order valence-corrected chi connectivity index (χ2v) is 6.18. The van der Waals surface area contributed by atoms with Gasteiger partial charge < -0.3 is 9.47 Å². The molecule has 0 spiro atoms. The van der Waals surface area contributed by atoms with Gasteiger partial charge in [-0.3, -0.25) is 4.79 Å². The van der Waals surface area contributed by atoms with Gasteiger partial charge >= 0.3 is 0 Å². The van der Waals surface area contributed by atoms with E-state index >= 15 is 0 Å². The van der Waals surface area contributed by atoms with Gasteiger partial charge in [-0.1, -0.05) is 0 Å². The normalized spacial score (nSPS) is 17.6. The van der Waals surface area contributed by atoms with E-state index in [0.29, 0.717) is 12.2 Å². The smallest absolute Gasteiger partial charge is 0.274 e. The topological polar surface area (TPSA) is 56.0 Å². The van der Waals surface area contributed by atoms with Crippen LogP contribution >= 0.6 is 0 Å². The van der Waals surface area contributed by atoms with Crippen LogP contribution in [0.5, 0.6) is 0 Å². The molecule has 1 atom stereocenters. The van der Waals surface area contributed by atoms with Crippen molar-refractivity contribution in [3.63, 3.8) is 0 Å². The number of carbonyl (C=O) groups excluding carboxylic acids is 1. The third kappa shape index (κ3) is 3.17. The molecule has 1 saturated heterocycles. The number of imidazole rings is 1. The minimum Gasteiger partial charge on any atom is -0.335 e. The first-order valence-corrected chi connectivity index (χ1v) is 8.29. The van der Waals surface area contributed by atoms with Crippen LogP contribution in [0.2, 0.25) is 0 Å². The van der Waals surface area contributed by atoms with Crippen molar-refractivity contribution in [2.45, 2.75) is 18.9 Å². The third-order valence-electron chi connectivity index (χ3n) is 4.53. The monoisotopic (exact) mass is 339 g/mol. The molecule has 0 radical (unpaired) electrons. The summed E-state index contributed by atoms with van der Waals surface area (Å²) >= 11 is 0. The highest BCUT2D eigenvalue weighted by Crippen LogP contribution is 2.22. The maximum atomic E-state index is 13.0. The molecule has 0 bridgehead atoms. The highest BCUT2D eigenvalue weighted by Gasteiger charge is 2.26. The van der Waals surface area contributed by atoms with Gasteiger partial charge in [0.05, 0.1) is 18.1 Å². The third-order valence-corrected chi connectivity index (χ3v) is 4.53. The Morgan fingerprint density at radius 3 is 2.76 bits per heavy atom. The number of carbonyl (C=O) groups is 1. The Balaban J connectivity index is 1.50. The van der Waals surface area contributed by atoms with E-state index in [1.54, 1.807) is 41.6 Å². The fourth-order valence-electron chi connectivity index (χ4n) is 3.21. The van der Waals surface area contributed by atoms with Crippen molar-refractivity contribution in [1.82, 2.24) is 24.2 Å². The molecular formula is C18H18FN5O. The van der Waals surface area contributed by atoms with Crippen LogP contribution < -0.4 is 0 Å². The molecule has 128 valence electrons. The molecule has 1 amide bonds. The molecule has 6 nitrogen and oxygen atoms in total. The summed E-state index contributed by atoms with van der Waals surface area (Å²) in [5.41, 5.74) is 1.12. The predicted octanol–water partition coefficient (Wildman–Crippen LogP) is 2.69. The summed E-state index contributed by atoms with van der Waals surface area (Å²) in [5.74, 6) is -0.378. The van der Waals surface area contributed by atoms with E-state index in [0.717, 1.165) is 25.1 Å². The van der Waals surface area contributed by atoms with Crippen LogP contribution in [-0.4, -0.2) is 43.2 Å². The summed E-state index contributed by atoms with van der Waals surface area (Å²) in [6.07, 6.45) is 9.18. The molecule has 2 aromatic heterocycles. The zero-order valence-corrected chi connectivity index (χ0v) is 13.6. The van der Waals surface area contributed by atoms with Gasteiger partial charge in [-0.25, -0.2) is 14.1 Å². The summed E-state index contributed by atoms with van der Waals surface area (Å²) in [5, 5.41) is 4.36. The quantitative estimate of drug-likeness (QED) is 0.737. The van der Waals surface area contributed by atoms with Crippen molar-refractivity contribution >= 4 is 5.91 Å². The lowest BCUT2D eigenvalue weighted by Gasteiger charge is -2.32. The Morgan fingerprint density at radius 2 is 2.00 bits per heavy atom. The average Bonchev–Trinajstić information content (AvgIpc) is 3.34. The number of halogens is 1.